The molecule has 2 aromatic rings. The molecule has 1 saturated heterocycles. The second-order valence-corrected chi connectivity index (χ2v) is 8.96. The van der Waals surface area contributed by atoms with Gasteiger partial charge in [-0.2, -0.15) is 13.2 Å². The summed E-state index contributed by atoms with van der Waals surface area (Å²) in [5.74, 6) is -1.14. The molecule has 2 heterocycles. The van der Waals surface area contributed by atoms with Gasteiger partial charge in [-0.25, -0.2) is 14.2 Å². The van der Waals surface area contributed by atoms with Crippen LogP contribution < -0.4 is 19.9 Å². The van der Waals surface area contributed by atoms with Gasteiger partial charge in [0.25, 0.3) is 5.91 Å². The Morgan fingerprint density at radius 2 is 1.66 bits per heavy atom. The van der Waals surface area contributed by atoms with Crippen molar-refractivity contribution in [2.75, 3.05) is 39.6 Å². The van der Waals surface area contributed by atoms with Gasteiger partial charge in [0.05, 0.1) is 26.4 Å². The number of piperidine rings is 1. The zero-order valence-electron chi connectivity index (χ0n) is 20.9. The fourth-order valence-corrected chi connectivity index (χ4v) is 3.97. The topological polar surface area (TPSA) is 124 Å². The highest BCUT2D eigenvalue weighted by Gasteiger charge is 2.38. The van der Waals surface area contributed by atoms with E-state index in [9.17, 15) is 22.4 Å². The van der Waals surface area contributed by atoms with Crippen LogP contribution in [0.4, 0.5) is 23.4 Å². The van der Waals surface area contributed by atoms with Crippen LogP contribution in [-0.2, 0) is 4.79 Å². The summed E-state index contributed by atoms with van der Waals surface area (Å²) in [7, 11) is 3.09. The van der Waals surface area contributed by atoms with Crippen molar-refractivity contribution in [3.05, 3.63) is 41.3 Å². The van der Waals surface area contributed by atoms with E-state index in [0.29, 0.717) is 48.7 Å². The summed E-state index contributed by atoms with van der Waals surface area (Å²) in [5, 5.41) is 7.12. The van der Waals surface area contributed by atoms with Crippen molar-refractivity contribution in [2.24, 2.45) is 5.92 Å². The van der Waals surface area contributed by atoms with Gasteiger partial charge >= 0.3 is 12.1 Å². The number of nitrogens with zero attached hydrogens (tertiary/aromatic N) is 2. The van der Waals surface area contributed by atoms with Crippen LogP contribution >= 0.6 is 0 Å². The standard InChI is InChI=1S/C23H28FN3O4.C2HF3O2/c1-29-19-11-22(25)26-12-17(19)15-5-7-27(8-6-15)23(28)16-9-20(30-2)21(10-18(16)24)31-13-14-3-4-14;3-2(4,5)1(6)7/h9-12,14-15H,3-8,13H2,1-2H3,(H2,25,26);(H,6,7). The van der Waals surface area contributed by atoms with Gasteiger partial charge in [0, 0.05) is 37.0 Å². The van der Waals surface area contributed by atoms with Crippen LogP contribution in [-0.4, -0.2) is 67.0 Å². The summed E-state index contributed by atoms with van der Waals surface area (Å²) in [4.78, 5) is 27.8. The minimum absolute atomic E-state index is 0.000744. The second-order valence-electron chi connectivity index (χ2n) is 8.96. The Labute approximate surface area is 216 Å². The number of nitrogens with two attached hydrogens (primary N) is 1. The van der Waals surface area contributed by atoms with Crippen LogP contribution in [0.2, 0.25) is 0 Å². The molecule has 4 rings (SSSR count). The molecule has 2 aliphatic rings. The molecule has 1 aromatic heterocycles. The Balaban J connectivity index is 0.000000505. The number of ether oxygens (including phenoxy) is 3. The van der Waals surface area contributed by atoms with E-state index in [0.717, 1.165) is 31.2 Å². The maximum absolute atomic E-state index is 14.8. The number of aliphatic carboxylic acids is 1. The third-order valence-corrected chi connectivity index (χ3v) is 6.26. The number of likely N-dealkylation sites (tertiary alicyclic amines) is 1. The highest BCUT2D eigenvalue weighted by atomic mass is 19.4. The molecule has 0 atom stereocenters. The molecular weight excluding hydrogens is 514 g/mol. The Bertz CT molecular complexity index is 1150. The van der Waals surface area contributed by atoms with Gasteiger partial charge in [-0.1, -0.05) is 0 Å². The fourth-order valence-electron chi connectivity index (χ4n) is 3.97. The minimum atomic E-state index is -5.08. The molecule has 0 bridgehead atoms. The maximum atomic E-state index is 14.8. The van der Waals surface area contributed by atoms with Crippen LogP contribution in [0.1, 0.15) is 47.5 Å². The number of carbonyl (C=O) groups is 2. The van der Waals surface area contributed by atoms with Crippen LogP contribution in [0, 0.1) is 11.7 Å². The first-order chi connectivity index (χ1) is 17.9. The lowest BCUT2D eigenvalue weighted by Crippen LogP contribution is -2.38. The van der Waals surface area contributed by atoms with E-state index in [1.807, 2.05) is 0 Å². The van der Waals surface area contributed by atoms with Gasteiger partial charge in [-0.15, -0.1) is 0 Å². The number of methoxy groups -OCH3 is 2. The van der Waals surface area contributed by atoms with E-state index in [1.54, 1.807) is 24.3 Å². The Hall–Kier alpha value is -3.77. The third-order valence-electron chi connectivity index (χ3n) is 6.26. The highest BCUT2D eigenvalue weighted by Crippen LogP contribution is 2.37. The van der Waals surface area contributed by atoms with Gasteiger partial charge in [0.15, 0.2) is 11.5 Å². The SMILES string of the molecule is COc1cc(C(=O)N2CCC(c3cnc(N)cc3OC)CC2)c(F)cc1OCC1CC1.O=C(O)C(F)(F)F. The largest absolute Gasteiger partial charge is 0.496 e. The maximum Gasteiger partial charge on any atom is 0.490 e. The molecule has 1 saturated carbocycles. The van der Waals surface area contributed by atoms with Crippen molar-refractivity contribution < 1.29 is 46.5 Å². The summed E-state index contributed by atoms with van der Waals surface area (Å²) in [6.45, 7) is 1.57. The van der Waals surface area contributed by atoms with Gasteiger partial charge in [0.2, 0.25) is 0 Å². The average molecular weight is 544 g/mol. The number of pyridine rings is 1. The van der Waals surface area contributed by atoms with E-state index in [1.165, 1.54) is 19.2 Å². The van der Waals surface area contributed by atoms with E-state index in [2.05, 4.69) is 4.98 Å². The fraction of sp³-hybridized carbons (Fsp3) is 0.480. The number of amides is 1. The summed E-state index contributed by atoms with van der Waals surface area (Å²) in [6, 6.07) is 4.41. The third kappa shape index (κ3) is 7.39. The lowest BCUT2D eigenvalue weighted by molar-refractivity contribution is -0.192. The Morgan fingerprint density at radius 1 is 1.05 bits per heavy atom. The van der Waals surface area contributed by atoms with E-state index in [4.69, 9.17) is 29.8 Å². The number of alkyl halides is 3. The molecule has 13 heteroatoms. The van der Waals surface area contributed by atoms with Crippen molar-refractivity contribution >= 4 is 17.7 Å². The van der Waals surface area contributed by atoms with Crippen molar-refractivity contribution in [2.45, 2.75) is 37.8 Å². The number of carboxylic acid groups (broad SMARTS) is 1. The first-order valence-corrected chi connectivity index (χ1v) is 11.8. The van der Waals surface area contributed by atoms with Gasteiger partial charge in [-0.05, 0) is 43.6 Å². The summed E-state index contributed by atoms with van der Waals surface area (Å²) < 4.78 is 63.0. The van der Waals surface area contributed by atoms with Crippen LogP contribution in [0.25, 0.3) is 0 Å². The quantitative estimate of drug-likeness (QED) is 0.497. The first-order valence-electron chi connectivity index (χ1n) is 11.8. The lowest BCUT2D eigenvalue weighted by Gasteiger charge is -2.32. The number of carboxylic acids is 1. The highest BCUT2D eigenvalue weighted by molar-refractivity contribution is 5.95. The number of carbonyl (C=O) groups excluding carboxylic acids is 1. The second kappa shape index (κ2) is 12.2. The average Bonchev–Trinajstić information content (AvgIpc) is 3.71. The number of halogens is 4. The van der Waals surface area contributed by atoms with E-state index >= 15 is 0 Å². The van der Waals surface area contributed by atoms with Crippen molar-refractivity contribution in [3.8, 4) is 17.2 Å². The Kier molecular flexibility index (Phi) is 9.23. The molecule has 0 spiro atoms. The number of aromatic nitrogens is 1. The van der Waals surface area contributed by atoms with Gasteiger partial charge < -0.3 is 30.0 Å². The zero-order chi connectivity index (χ0) is 28.0. The van der Waals surface area contributed by atoms with Crippen molar-refractivity contribution in [3.63, 3.8) is 0 Å². The molecule has 208 valence electrons. The van der Waals surface area contributed by atoms with Crippen LogP contribution in [0.3, 0.4) is 0 Å². The number of hydrogen-bond acceptors (Lipinski definition) is 7. The van der Waals surface area contributed by atoms with Gasteiger partial charge in [-0.3, -0.25) is 4.79 Å². The normalized spacial score (nSPS) is 15.8. The molecule has 2 fully saturated rings. The number of rotatable bonds is 7. The summed E-state index contributed by atoms with van der Waals surface area (Å²) in [6.07, 6.45) is 0.385. The van der Waals surface area contributed by atoms with E-state index < -0.39 is 18.0 Å². The lowest BCUT2D eigenvalue weighted by atomic mass is 9.89. The van der Waals surface area contributed by atoms with Crippen LogP contribution in [0.15, 0.2) is 24.4 Å². The molecule has 1 aliphatic carbocycles. The molecule has 0 radical (unpaired) electrons. The van der Waals surface area contributed by atoms with Gasteiger partial charge in [0.1, 0.15) is 17.4 Å². The molecule has 0 unspecified atom stereocenters. The molecular formula is C25H29F4N3O6. The smallest absolute Gasteiger partial charge is 0.490 e. The molecule has 1 amide bonds. The number of benzene rings is 1. The number of anilines is 1. The summed E-state index contributed by atoms with van der Waals surface area (Å²) in [5.41, 5.74) is 6.73. The number of nitrogen functional groups attached to an aromatic ring is 1. The monoisotopic (exact) mass is 543 g/mol. The van der Waals surface area contributed by atoms with Crippen molar-refractivity contribution in [1.82, 2.24) is 9.88 Å². The zero-order valence-corrected chi connectivity index (χ0v) is 20.9. The predicted molar refractivity (Wildman–Crippen MR) is 128 cm³/mol. The molecule has 9 nitrogen and oxygen atoms in total. The summed E-state index contributed by atoms with van der Waals surface area (Å²) >= 11 is 0. The number of hydrogen-bond donors (Lipinski definition) is 2. The van der Waals surface area contributed by atoms with E-state index in [-0.39, 0.29) is 17.4 Å². The first kappa shape index (κ1) is 28.8. The van der Waals surface area contributed by atoms with Crippen molar-refractivity contribution in [1.29, 1.82) is 0 Å². The molecule has 1 aliphatic heterocycles. The predicted octanol–water partition coefficient (Wildman–Crippen LogP) is 4.26. The molecule has 38 heavy (non-hydrogen) atoms. The Morgan fingerprint density at radius 3 is 2.18 bits per heavy atom. The molecule has 3 N–H and O–H groups in total. The molecule has 1 aromatic carbocycles. The van der Waals surface area contributed by atoms with Crippen LogP contribution in [0.5, 0.6) is 17.2 Å². The minimum Gasteiger partial charge on any atom is -0.496 e.